The summed E-state index contributed by atoms with van der Waals surface area (Å²) < 4.78 is 0. The van der Waals surface area contributed by atoms with Crippen LogP contribution in [0, 0.1) is 30.6 Å². The van der Waals surface area contributed by atoms with Crippen molar-refractivity contribution in [2.75, 3.05) is 0 Å². The van der Waals surface area contributed by atoms with Gasteiger partial charge in [0.05, 0.1) is 17.5 Å². The predicted molar refractivity (Wildman–Crippen MR) is 201 cm³/mol. The second-order valence-electron chi connectivity index (χ2n) is 9.11. The molecule has 0 atom stereocenters. The zero-order chi connectivity index (χ0) is 28.7. The van der Waals surface area contributed by atoms with Gasteiger partial charge in [-0.3, -0.25) is 9.97 Å². The Morgan fingerprint density at radius 2 is 0.886 bits per heavy atom. The number of halogens is 2. The van der Waals surface area contributed by atoms with Crippen LogP contribution in [0.15, 0.2) is 36.7 Å². The third kappa shape index (κ3) is 38.6. The Kier molecular flexibility index (Phi) is 71.5. The Bertz CT molecular complexity index is 782. The zero-order valence-corrected chi connectivity index (χ0v) is 28.5. The van der Waals surface area contributed by atoms with Crippen molar-refractivity contribution in [2.24, 2.45) is 0 Å². The van der Waals surface area contributed by atoms with E-state index in [-0.39, 0.29) is 44.6 Å². The van der Waals surface area contributed by atoms with Gasteiger partial charge in [0.1, 0.15) is 0 Å². The topological polar surface area (TPSA) is 73.4 Å². The molecule has 0 aromatic carbocycles. The summed E-state index contributed by atoms with van der Waals surface area (Å²) in [6.07, 6.45) is 25.2. The van der Waals surface area contributed by atoms with Gasteiger partial charge in [0.25, 0.3) is 0 Å². The van der Waals surface area contributed by atoms with Gasteiger partial charge in [0.2, 0.25) is 0 Å². The summed E-state index contributed by atoms with van der Waals surface area (Å²) in [7, 11) is 9.75. The number of hydrogen-bond donors (Lipinski definition) is 0. The molecule has 0 amide bonds. The average molecular weight is 838 g/mol. The summed E-state index contributed by atoms with van der Waals surface area (Å²) in [6, 6.07) is 10.6. The third-order valence-corrected chi connectivity index (χ3v) is 6.05. The van der Waals surface area contributed by atoms with Gasteiger partial charge in [0.15, 0.2) is 0 Å². The Labute approximate surface area is 294 Å². The maximum absolute atomic E-state index is 7.32. The van der Waals surface area contributed by atoms with Crippen molar-refractivity contribution in [2.45, 2.75) is 161 Å². The first-order valence-corrected chi connectivity index (χ1v) is 19.6. The van der Waals surface area contributed by atoms with Crippen molar-refractivity contribution in [1.82, 2.24) is 9.97 Å². The van der Waals surface area contributed by atoms with Crippen molar-refractivity contribution in [3.63, 3.8) is 0 Å². The second-order valence-corrected chi connectivity index (χ2v) is 12.4. The van der Waals surface area contributed by atoms with Gasteiger partial charge in [-0.1, -0.05) is 128 Å². The van der Waals surface area contributed by atoms with Crippen molar-refractivity contribution in [3.8, 4) is 24.0 Å². The first-order chi connectivity index (χ1) is 18.7. The molecule has 4 nitrogen and oxygen atoms in total. The summed E-state index contributed by atoms with van der Waals surface area (Å²) in [5.74, 6) is 0. The Hall–Kier alpha value is -1.45. The van der Waals surface area contributed by atoms with E-state index < -0.39 is 16.5 Å². The van der Waals surface area contributed by atoms with Crippen LogP contribution in [-0.2, 0) is 29.3 Å². The number of rotatable bonds is 17. The van der Waals surface area contributed by atoms with Crippen LogP contribution in [-0.4, -0.2) is 9.97 Å². The maximum atomic E-state index is 7.32. The number of nitrogens with zero attached hydrogens (tertiary/aromatic N) is 4. The predicted octanol–water partition coefficient (Wildman–Crippen LogP) is 14.4. The fourth-order valence-corrected chi connectivity index (χ4v) is 4.11. The molecule has 2 aromatic heterocycles. The van der Waals surface area contributed by atoms with Crippen molar-refractivity contribution in [1.29, 1.82) is 10.5 Å². The summed E-state index contributed by atoms with van der Waals surface area (Å²) in [4.78, 5) is 9.21. The number of unbranched alkanes of at least 4 members (excludes halogenated alkanes) is 12. The normalized spacial score (nSPS) is 8.32. The first kappa shape index (κ1) is 61.5. The minimum absolute atomic E-state index is 0. The van der Waals surface area contributed by atoms with Gasteiger partial charge < -0.3 is 7.43 Å². The van der Waals surface area contributed by atoms with Crippen molar-refractivity contribution in [3.05, 3.63) is 55.2 Å². The Morgan fingerprint density at radius 3 is 1.16 bits per heavy atom. The SMILES string of the molecule is C.C.C.C.C.C#N.CC#N.CCCCCCCCCc1ccnc(-c2cc(CCCCCCCCC)ccn2)c1.[CH3-].[Cl][Pt][Cl]. The summed E-state index contributed by atoms with van der Waals surface area (Å²) in [5, 5.41) is 13.8. The molecule has 7 heteroatoms. The molecule has 44 heavy (non-hydrogen) atoms. The summed E-state index contributed by atoms with van der Waals surface area (Å²) in [6.45, 7) is 9.49. The van der Waals surface area contributed by atoms with E-state index in [1.165, 1.54) is 108 Å². The number of aryl methyl sites for hydroxylation is 2. The van der Waals surface area contributed by atoms with E-state index in [1.54, 1.807) is 6.07 Å². The molecular weight excluding hydrogens is 766 g/mol. The van der Waals surface area contributed by atoms with Crippen LogP contribution in [0.25, 0.3) is 11.4 Å². The van der Waals surface area contributed by atoms with Crippen LogP contribution < -0.4 is 0 Å². The molecule has 0 aliphatic carbocycles. The monoisotopic (exact) mass is 836 g/mol. The van der Waals surface area contributed by atoms with Crippen LogP contribution in [0.4, 0.5) is 0 Å². The summed E-state index contributed by atoms with van der Waals surface area (Å²) in [5.41, 5.74) is 4.84. The van der Waals surface area contributed by atoms with Gasteiger partial charge in [-0.2, -0.15) is 5.26 Å². The van der Waals surface area contributed by atoms with E-state index in [0.717, 1.165) is 24.2 Å². The van der Waals surface area contributed by atoms with Crippen molar-refractivity contribution >= 4 is 18.8 Å². The van der Waals surface area contributed by atoms with E-state index in [4.69, 9.17) is 29.4 Å². The molecular formula is C37H71Cl2N4Pt-. The molecule has 2 heterocycles. The fraction of sp³-hybridized carbons (Fsp3) is 0.649. The number of pyridine rings is 2. The minimum atomic E-state index is -0.472. The first-order valence-electron chi connectivity index (χ1n) is 14.0. The molecule has 264 valence electrons. The third-order valence-electron chi connectivity index (χ3n) is 6.05. The van der Waals surface area contributed by atoms with Crippen LogP contribution in [0.3, 0.4) is 0 Å². The van der Waals surface area contributed by atoms with E-state index in [1.807, 2.05) is 12.4 Å². The van der Waals surface area contributed by atoms with Gasteiger partial charge in [-0.25, -0.2) is 5.26 Å². The molecule has 0 N–H and O–H groups in total. The quantitative estimate of drug-likeness (QED) is 0.117. The van der Waals surface area contributed by atoms with Crippen LogP contribution >= 0.6 is 18.8 Å². The molecule has 0 saturated carbocycles. The van der Waals surface area contributed by atoms with E-state index in [9.17, 15) is 0 Å². The van der Waals surface area contributed by atoms with Gasteiger partial charge >= 0.3 is 35.3 Å². The second kappa shape index (κ2) is 51.1. The molecule has 2 rings (SSSR count). The summed E-state index contributed by atoms with van der Waals surface area (Å²) >= 11 is -0.472. The molecule has 0 bridgehead atoms. The van der Waals surface area contributed by atoms with Gasteiger partial charge in [-0.15, -0.1) is 0 Å². The number of aromatic nitrogens is 2. The Balaban J connectivity index is -0.000000140. The standard InChI is InChI=1S/C28H44N2.C2H3N.CHN.5CH4.CH3.2ClH.Pt/c1-3-5-7-9-11-13-15-17-25-19-21-29-27(23-25)28-24-26(20-22-30-28)18-16-14-12-10-8-6-4-2;1-2-3;1-2;;;;;;;;;/h19-24H,3-18H2,1-2H3;1H3;1H;5*1H4;1H3;2*1H;/q;;;;;;;;-1;;;+2/p-2. The molecule has 0 aliphatic rings. The van der Waals surface area contributed by atoms with Crippen LogP contribution in [0.2, 0.25) is 0 Å². The van der Waals surface area contributed by atoms with E-state index >= 15 is 0 Å². The number of nitriles is 2. The molecule has 0 unspecified atom stereocenters. The van der Waals surface area contributed by atoms with Gasteiger partial charge in [-0.05, 0) is 61.1 Å². The number of hydrogen-bond acceptors (Lipinski definition) is 4. The average Bonchev–Trinajstić information content (AvgIpc) is 2.94. The van der Waals surface area contributed by atoms with E-state index in [0.29, 0.717) is 0 Å². The molecule has 0 radical (unpaired) electrons. The molecule has 0 spiro atoms. The fourth-order valence-electron chi connectivity index (χ4n) is 4.11. The van der Waals surface area contributed by atoms with E-state index in [2.05, 4.69) is 54.7 Å². The van der Waals surface area contributed by atoms with Crippen LogP contribution in [0.1, 0.15) is 159 Å². The molecule has 0 fully saturated rings. The molecule has 0 aliphatic heterocycles. The van der Waals surface area contributed by atoms with Gasteiger partial charge in [0, 0.05) is 25.9 Å². The Morgan fingerprint density at radius 1 is 0.636 bits per heavy atom. The van der Waals surface area contributed by atoms with Crippen molar-refractivity contribution < 1.29 is 16.5 Å². The zero-order valence-electron chi connectivity index (χ0n) is 24.7. The molecule has 2 aromatic rings. The molecule has 0 saturated heterocycles. The van der Waals surface area contributed by atoms with Crippen LogP contribution in [0.5, 0.6) is 0 Å².